The van der Waals surface area contributed by atoms with Crippen molar-refractivity contribution in [3.8, 4) is 22.9 Å². The smallest absolute Gasteiger partial charge is 0.408 e. The molecule has 0 bridgehead atoms. The molecule has 4 aliphatic rings. The molecule has 3 aromatic rings. The number of sulfonamides is 1. The third-order valence-corrected chi connectivity index (χ3v) is 12.9. The van der Waals surface area contributed by atoms with Gasteiger partial charge in [0.2, 0.25) is 27.7 Å². The van der Waals surface area contributed by atoms with Crippen molar-refractivity contribution in [1.82, 2.24) is 25.2 Å². The van der Waals surface area contributed by atoms with Gasteiger partial charge in [-0.25, -0.2) is 18.2 Å². The van der Waals surface area contributed by atoms with Crippen LogP contribution >= 0.6 is 0 Å². The minimum Gasteiger partial charge on any atom is -0.497 e. The van der Waals surface area contributed by atoms with Crippen LogP contribution in [0.5, 0.6) is 11.6 Å². The molecule has 17 heteroatoms. The van der Waals surface area contributed by atoms with Gasteiger partial charge in [-0.2, -0.15) is 0 Å². The molecule has 16 nitrogen and oxygen atoms in total. The fourth-order valence-electron chi connectivity index (χ4n) is 7.61. The van der Waals surface area contributed by atoms with E-state index in [0.717, 1.165) is 16.6 Å². The summed E-state index contributed by atoms with van der Waals surface area (Å²) in [5.74, 6) is -1.59. The summed E-state index contributed by atoms with van der Waals surface area (Å²) in [6, 6.07) is 13.0. The van der Waals surface area contributed by atoms with Crippen molar-refractivity contribution in [3.63, 3.8) is 0 Å². The van der Waals surface area contributed by atoms with Gasteiger partial charge in [-0.1, -0.05) is 12.2 Å². The highest BCUT2D eigenvalue weighted by atomic mass is 32.2. The molecule has 2 aliphatic carbocycles. The van der Waals surface area contributed by atoms with Crippen molar-refractivity contribution in [1.29, 1.82) is 0 Å². The van der Waals surface area contributed by atoms with Crippen molar-refractivity contribution in [3.05, 3.63) is 60.7 Å². The first-order valence-corrected chi connectivity index (χ1v) is 21.9. The van der Waals surface area contributed by atoms with Gasteiger partial charge >= 0.3 is 6.09 Å². The molecule has 2 aliphatic heterocycles. The van der Waals surface area contributed by atoms with Gasteiger partial charge in [0.15, 0.2) is 0 Å². The average Bonchev–Trinajstić information content (AvgIpc) is 4.12. The summed E-state index contributed by atoms with van der Waals surface area (Å²) in [5, 5.41) is 6.47. The summed E-state index contributed by atoms with van der Waals surface area (Å²) in [6.45, 7) is 5.45. The number of alkyl carbamates (subject to hydrolysis) is 1. The highest BCUT2D eigenvalue weighted by Crippen LogP contribution is 2.46. The Hall–Kier alpha value is -5.42. The van der Waals surface area contributed by atoms with E-state index in [0.29, 0.717) is 36.1 Å². The molecule has 322 valence electrons. The second kappa shape index (κ2) is 16.9. The Kier molecular flexibility index (Phi) is 12.0. The van der Waals surface area contributed by atoms with E-state index in [1.165, 1.54) is 4.90 Å². The molecule has 3 fully saturated rings. The van der Waals surface area contributed by atoms with Gasteiger partial charge in [-0.05, 0) is 100 Å². The number of nitrogens with one attached hydrogen (secondary N) is 3. The van der Waals surface area contributed by atoms with Crippen molar-refractivity contribution < 1.29 is 46.5 Å². The van der Waals surface area contributed by atoms with Gasteiger partial charge in [0.05, 0.1) is 31.2 Å². The maximum absolute atomic E-state index is 14.7. The summed E-state index contributed by atoms with van der Waals surface area (Å²) < 4.78 is 51.5. The molecule has 0 spiro atoms. The van der Waals surface area contributed by atoms with Crippen LogP contribution in [0.15, 0.2) is 60.7 Å². The van der Waals surface area contributed by atoms with E-state index < -0.39 is 74.3 Å². The number of anilines is 1. The monoisotopic (exact) mass is 846 g/mol. The van der Waals surface area contributed by atoms with Crippen LogP contribution in [-0.4, -0.2) is 118 Å². The molecule has 1 saturated heterocycles. The van der Waals surface area contributed by atoms with Crippen LogP contribution in [0.4, 0.5) is 10.5 Å². The fraction of sp³-hybridized carbons (Fsp3) is 0.512. The van der Waals surface area contributed by atoms with Crippen LogP contribution in [0, 0.1) is 5.92 Å². The number of carbonyl (C=O) groups excluding carboxylic acids is 4. The van der Waals surface area contributed by atoms with Crippen LogP contribution in [-0.2, 0) is 33.9 Å². The van der Waals surface area contributed by atoms with E-state index >= 15 is 0 Å². The summed E-state index contributed by atoms with van der Waals surface area (Å²) in [6.07, 6.45) is 3.64. The largest absolute Gasteiger partial charge is 0.497 e. The first kappa shape index (κ1) is 42.7. The number of nitrogens with zero attached hydrogens (tertiary/aromatic N) is 3. The molecule has 4 amide bonds. The summed E-state index contributed by atoms with van der Waals surface area (Å²) in [4.78, 5) is 64.4. The number of pyridine rings is 1. The Bertz CT molecular complexity index is 2270. The number of fused-ring (bicyclic) bond motifs is 3. The van der Waals surface area contributed by atoms with E-state index in [2.05, 4.69) is 15.4 Å². The van der Waals surface area contributed by atoms with Gasteiger partial charge in [0, 0.05) is 56.1 Å². The standard InChI is InChI=1S/C43H54N6O10S/c1-42(2,3)59-41(53)45-34-18-20-57-19-8-7-9-28-24-43(28,40(52)47-60(54,55)32-15-16-32)46-37(50)36-23-31(25-49(36)39(34)51)58-38-33-17-12-29(48(4)5)21-27(33)22-35(44-38)26-10-13-30(56-6)14-11-26/h7,9-14,17,21-22,28,31-32,34,36H,8,15-16,18-20,23-25H2,1-6H3,(H,45,53)(H,46,50)(H,47,52)/t28-,31?,34+,36+,43-/m1/s1. The zero-order valence-electron chi connectivity index (χ0n) is 34.9. The van der Waals surface area contributed by atoms with E-state index in [1.54, 1.807) is 34.0 Å². The topological polar surface area (TPSA) is 195 Å². The summed E-state index contributed by atoms with van der Waals surface area (Å²) in [7, 11) is 1.56. The minimum atomic E-state index is -3.93. The minimum absolute atomic E-state index is 0.00245. The maximum atomic E-state index is 14.7. The Morgan fingerprint density at radius 2 is 1.78 bits per heavy atom. The lowest BCUT2D eigenvalue weighted by Gasteiger charge is -2.30. The lowest BCUT2D eigenvalue weighted by atomic mass is 10.1. The molecule has 60 heavy (non-hydrogen) atoms. The number of aromatic nitrogens is 1. The van der Waals surface area contributed by atoms with Gasteiger partial charge < -0.3 is 39.4 Å². The first-order chi connectivity index (χ1) is 28.5. The quantitative estimate of drug-likeness (QED) is 0.262. The number of methoxy groups -OCH3 is 1. The van der Waals surface area contributed by atoms with Crippen molar-refractivity contribution >= 4 is 50.3 Å². The lowest BCUT2D eigenvalue weighted by Crippen LogP contribution is -2.58. The van der Waals surface area contributed by atoms with Gasteiger partial charge in [0.1, 0.15) is 35.1 Å². The number of amides is 4. The van der Waals surface area contributed by atoms with Crippen molar-refractivity contribution in [2.75, 3.05) is 45.9 Å². The van der Waals surface area contributed by atoms with E-state index in [-0.39, 0.29) is 44.9 Å². The average molecular weight is 847 g/mol. The van der Waals surface area contributed by atoms with Crippen LogP contribution < -0.4 is 29.7 Å². The Balaban J connectivity index is 1.24. The molecule has 2 aromatic carbocycles. The zero-order chi connectivity index (χ0) is 43.0. The van der Waals surface area contributed by atoms with E-state index in [4.69, 9.17) is 23.9 Å². The molecule has 3 heterocycles. The highest BCUT2D eigenvalue weighted by Gasteiger charge is 2.62. The molecular weight excluding hydrogens is 793 g/mol. The predicted molar refractivity (Wildman–Crippen MR) is 224 cm³/mol. The number of hydrogen-bond acceptors (Lipinski definition) is 12. The van der Waals surface area contributed by atoms with Crippen molar-refractivity contribution in [2.24, 2.45) is 5.92 Å². The number of rotatable bonds is 9. The van der Waals surface area contributed by atoms with Gasteiger partial charge in [-0.3, -0.25) is 19.1 Å². The second-order valence-corrected chi connectivity index (χ2v) is 19.0. The Morgan fingerprint density at radius 1 is 1.03 bits per heavy atom. The lowest BCUT2D eigenvalue weighted by molar-refractivity contribution is -0.141. The number of carbonyl (C=O) groups is 4. The van der Waals surface area contributed by atoms with Crippen LogP contribution in [0.25, 0.3) is 22.0 Å². The molecule has 7 rings (SSSR count). The van der Waals surface area contributed by atoms with Gasteiger partial charge in [0.25, 0.3) is 5.91 Å². The highest BCUT2D eigenvalue weighted by molar-refractivity contribution is 7.91. The normalized spacial score (nSPS) is 24.9. The first-order valence-electron chi connectivity index (χ1n) is 20.3. The number of benzene rings is 2. The fourth-order valence-corrected chi connectivity index (χ4v) is 8.98. The molecule has 0 radical (unpaired) electrons. The molecule has 2 saturated carbocycles. The number of hydrogen-bond donors (Lipinski definition) is 3. The van der Waals surface area contributed by atoms with Gasteiger partial charge in [-0.15, -0.1) is 0 Å². The second-order valence-electron chi connectivity index (χ2n) is 17.1. The van der Waals surface area contributed by atoms with E-state index in [9.17, 15) is 27.6 Å². The maximum Gasteiger partial charge on any atom is 0.408 e. The Labute approximate surface area is 350 Å². The number of ether oxygens (including phenoxy) is 4. The molecular formula is C43H54N6O10S. The van der Waals surface area contributed by atoms with Crippen LogP contribution in [0.2, 0.25) is 0 Å². The molecule has 1 unspecified atom stereocenters. The SMILES string of the molecule is COc1ccc(-c2cc3cc(N(C)C)ccc3c(OC3C[C@H]4C(=O)N[C@]5(C(=O)NS(=O)(=O)C6CC6)C[C@H]5C=CCCOCC[C@H](NC(=O)OC(C)(C)C)C(=O)N4C3)n2)cc1. The third kappa shape index (κ3) is 9.62. The predicted octanol–water partition coefficient (Wildman–Crippen LogP) is 4.07. The summed E-state index contributed by atoms with van der Waals surface area (Å²) in [5.41, 5.74) is -0.0199. The Morgan fingerprint density at radius 3 is 2.47 bits per heavy atom. The molecule has 5 atom stereocenters. The third-order valence-electron chi connectivity index (χ3n) is 11.1. The van der Waals surface area contributed by atoms with Crippen molar-refractivity contribution in [2.45, 2.75) is 93.9 Å². The molecule has 1 aromatic heterocycles. The van der Waals surface area contributed by atoms with Crippen LogP contribution in [0.3, 0.4) is 0 Å². The zero-order valence-corrected chi connectivity index (χ0v) is 35.7. The molecule has 3 N–H and O–H groups in total. The summed E-state index contributed by atoms with van der Waals surface area (Å²) >= 11 is 0. The van der Waals surface area contributed by atoms with Crippen LogP contribution in [0.1, 0.15) is 59.3 Å². The van der Waals surface area contributed by atoms with E-state index in [1.807, 2.05) is 73.6 Å².